The van der Waals surface area contributed by atoms with Crippen LogP contribution in [0.2, 0.25) is 5.82 Å². The first kappa shape index (κ1) is 17.7. The lowest BCUT2D eigenvalue weighted by atomic mass is 9.56. The van der Waals surface area contributed by atoms with Crippen LogP contribution in [0.5, 0.6) is 11.5 Å². The number of benzene rings is 1. The lowest BCUT2D eigenvalue weighted by Crippen LogP contribution is -2.41. The van der Waals surface area contributed by atoms with Crippen molar-refractivity contribution in [3.8, 4) is 11.5 Å². The lowest BCUT2D eigenvalue weighted by Gasteiger charge is -2.32. The molecule has 0 amide bonds. The number of fused-ring (bicyclic) bond motifs is 1. The molecule has 0 unspecified atom stereocenters. The Balaban J connectivity index is 1.86. The van der Waals surface area contributed by atoms with E-state index in [-0.39, 0.29) is 30.8 Å². The van der Waals surface area contributed by atoms with Gasteiger partial charge in [-0.05, 0) is 45.4 Å². The molecule has 0 saturated carbocycles. The van der Waals surface area contributed by atoms with Crippen molar-refractivity contribution >= 4 is 14.2 Å². The zero-order valence-electron chi connectivity index (χ0n) is 16.1. The van der Waals surface area contributed by atoms with Crippen LogP contribution in [0.3, 0.4) is 0 Å². The van der Waals surface area contributed by atoms with E-state index in [0.717, 1.165) is 17.1 Å². The summed E-state index contributed by atoms with van der Waals surface area (Å²) in [4.78, 5) is 0. The van der Waals surface area contributed by atoms with Crippen molar-refractivity contribution < 1.29 is 18.6 Å². The maximum atomic E-state index is 6.27. The van der Waals surface area contributed by atoms with Gasteiger partial charge in [-0.25, -0.2) is 0 Å². The minimum absolute atomic E-state index is 0.213. The zero-order chi connectivity index (χ0) is 17.9. The Morgan fingerprint density at radius 2 is 1.46 bits per heavy atom. The van der Waals surface area contributed by atoms with Crippen LogP contribution < -0.4 is 9.31 Å². The molecule has 24 heavy (non-hydrogen) atoms. The molecule has 0 bridgehead atoms. The van der Waals surface area contributed by atoms with Gasteiger partial charge in [0.2, 0.25) is 0 Å². The third-order valence-corrected chi connectivity index (χ3v) is 5.56. The average Bonchev–Trinajstić information content (AvgIpc) is 2.97. The fourth-order valence-electron chi connectivity index (χ4n) is 2.92. The molecular formula is C18H28B2O4. The van der Waals surface area contributed by atoms with Gasteiger partial charge in [-0.15, -0.1) is 0 Å². The highest BCUT2D eigenvalue weighted by molar-refractivity contribution is 6.50. The Morgan fingerprint density at radius 3 is 2.00 bits per heavy atom. The van der Waals surface area contributed by atoms with E-state index in [1.807, 2.05) is 6.07 Å². The summed E-state index contributed by atoms with van der Waals surface area (Å²) in [5.41, 5.74) is 0.440. The molecule has 1 saturated heterocycles. The number of rotatable bonds is 3. The van der Waals surface area contributed by atoms with Crippen molar-refractivity contribution in [3.63, 3.8) is 0 Å². The largest absolute Gasteiger partial charge is 0.597 e. The SMILES string of the molecule is CC(C)B1Oc2ccc(C(C)(C)B3OC(C)(C)C(C)(C)O3)cc2O1. The van der Waals surface area contributed by atoms with Gasteiger partial charge in [-0.2, -0.15) is 0 Å². The van der Waals surface area contributed by atoms with Crippen molar-refractivity contribution in [2.75, 3.05) is 0 Å². The molecule has 2 aliphatic heterocycles. The molecule has 0 aromatic heterocycles. The van der Waals surface area contributed by atoms with Crippen LogP contribution in [0.1, 0.15) is 61.0 Å². The summed E-state index contributed by atoms with van der Waals surface area (Å²) >= 11 is 0. The molecule has 2 heterocycles. The summed E-state index contributed by atoms with van der Waals surface area (Å²) < 4.78 is 24.3. The molecule has 4 nitrogen and oxygen atoms in total. The van der Waals surface area contributed by atoms with Gasteiger partial charge in [0.05, 0.1) is 11.2 Å². The van der Waals surface area contributed by atoms with Gasteiger partial charge < -0.3 is 18.6 Å². The molecule has 0 N–H and O–H groups in total. The van der Waals surface area contributed by atoms with Crippen LogP contribution in [0.15, 0.2) is 18.2 Å². The fourth-order valence-corrected chi connectivity index (χ4v) is 2.92. The molecule has 2 aliphatic rings. The number of hydrogen-bond donors (Lipinski definition) is 0. The van der Waals surface area contributed by atoms with Crippen molar-refractivity contribution in [1.82, 2.24) is 0 Å². The zero-order valence-corrected chi connectivity index (χ0v) is 16.1. The second-order valence-electron chi connectivity index (χ2n) is 8.82. The maximum Gasteiger partial charge on any atom is 0.597 e. The minimum atomic E-state index is -0.339. The van der Waals surface area contributed by atoms with E-state index in [1.54, 1.807) is 0 Å². The molecule has 6 heteroatoms. The predicted molar refractivity (Wildman–Crippen MR) is 97.7 cm³/mol. The highest BCUT2D eigenvalue weighted by Crippen LogP contribution is 2.45. The van der Waals surface area contributed by atoms with Crippen LogP contribution in [0.25, 0.3) is 0 Å². The summed E-state index contributed by atoms with van der Waals surface area (Å²) in [6, 6.07) is 6.12. The first-order valence-corrected chi connectivity index (χ1v) is 8.77. The standard InChI is InChI=1S/C18H28B2O4/c1-12(2)19-21-14-10-9-13(11-15(14)22-19)16(3,4)20-23-17(5,6)18(7,8)24-20/h9-12H,1-8H3. The Kier molecular flexibility index (Phi) is 4.00. The first-order chi connectivity index (χ1) is 10.9. The molecule has 1 fully saturated rings. The summed E-state index contributed by atoms with van der Waals surface area (Å²) in [6.45, 7) is 16.8. The molecule has 1 aromatic carbocycles. The smallest absolute Gasteiger partial charge is 0.523 e. The van der Waals surface area contributed by atoms with Crippen LogP contribution in [0, 0.1) is 0 Å². The highest BCUT2D eigenvalue weighted by Gasteiger charge is 2.57. The van der Waals surface area contributed by atoms with Crippen molar-refractivity contribution in [2.24, 2.45) is 0 Å². The average molecular weight is 330 g/mol. The lowest BCUT2D eigenvalue weighted by molar-refractivity contribution is 0.00578. The van der Waals surface area contributed by atoms with Crippen LogP contribution in [-0.4, -0.2) is 25.4 Å². The second kappa shape index (κ2) is 5.43. The van der Waals surface area contributed by atoms with E-state index < -0.39 is 0 Å². The van der Waals surface area contributed by atoms with Gasteiger partial charge in [0.1, 0.15) is 11.5 Å². The van der Waals surface area contributed by atoms with Crippen LogP contribution in [0.4, 0.5) is 0 Å². The molecule has 0 atom stereocenters. The van der Waals surface area contributed by atoms with Gasteiger partial charge in [0.15, 0.2) is 0 Å². The Morgan fingerprint density at radius 1 is 0.917 bits per heavy atom. The summed E-state index contributed by atoms with van der Waals surface area (Å²) in [6.07, 6.45) is 0. The third kappa shape index (κ3) is 2.74. The van der Waals surface area contributed by atoms with Gasteiger partial charge in [0.25, 0.3) is 0 Å². The summed E-state index contributed by atoms with van der Waals surface area (Å²) in [7, 11) is -0.529. The van der Waals surface area contributed by atoms with E-state index in [4.69, 9.17) is 18.6 Å². The summed E-state index contributed by atoms with van der Waals surface area (Å²) in [5.74, 6) is 1.91. The van der Waals surface area contributed by atoms with E-state index in [9.17, 15) is 0 Å². The normalized spacial score (nSPS) is 21.7. The fraction of sp³-hybridized carbons (Fsp3) is 0.667. The van der Waals surface area contributed by atoms with Gasteiger partial charge in [-0.1, -0.05) is 33.8 Å². The van der Waals surface area contributed by atoms with E-state index in [0.29, 0.717) is 5.82 Å². The van der Waals surface area contributed by atoms with Gasteiger partial charge in [0, 0.05) is 11.1 Å². The molecule has 1 aromatic rings. The Labute approximate surface area is 146 Å². The molecule has 0 aliphatic carbocycles. The topological polar surface area (TPSA) is 36.9 Å². The molecule has 0 spiro atoms. The quantitative estimate of drug-likeness (QED) is 0.776. The summed E-state index contributed by atoms with van der Waals surface area (Å²) in [5, 5.41) is -0.306. The van der Waals surface area contributed by atoms with E-state index in [1.165, 1.54) is 0 Å². The van der Waals surface area contributed by atoms with Crippen molar-refractivity contribution in [3.05, 3.63) is 23.8 Å². The highest BCUT2D eigenvalue weighted by atomic mass is 16.7. The maximum absolute atomic E-state index is 6.27. The van der Waals surface area contributed by atoms with Gasteiger partial charge in [-0.3, -0.25) is 0 Å². The molecule has 130 valence electrons. The van der Waals surface area contributed by atoms with E-state index >= 15 is 0 Å². The predicted octanol–water partition coefficient (Wildman–Crippen LogP) is 4.27. The van der Waals surface area contributed by atoms with Crippen LogP contribution in [-0.2, 0) is 14.6 Å². The van der Waals surface area contributed by atoms with Gasteiger partial charge >= 0.3 is 14.2 Å². The van der Waals surface area contributed by atoms with Crippen LogP contribution >= 0.6 is 0 Å². The second-order valence-corrected chi connectivity index (χ2v) is 8.82. The Bertz CT molecular complexity index is 624. The Hall–Kier alpha value is -1.13. The molecule has 0 radical (unpaired) electrons. The molecular weight excluding hydrogens is 302 g/mol. The van der Waals surface area contributed by atoms with Crippen molar-refractivity contribution in [1.29, 1.82) is 0 Å². The van der Waals surface area contributed by atoms with Crippen molar-refractivity contribution in [2.45, 2.75) is 77.7 Å². The minimum Gasteiger partial charge on any atom is -0.523 e. The first-order valence-electron chi connectivity index (χ1n) is 8.77. The monoisotopic (exact) mass is 330 g/mol. The van der Waals surface area contributed by atoms with E-state index in [2.05, 4.69) is 67.5 Å². The number of hydrogen-bond acceptors (Lipinski definition) is 4. The molecule has 3 rings (SSSR count). The third-order valence-electron chi connectivity index (χ3n) is 5.56.